The Bertz CT molecular complexity index is 1080. The molecule has 0 atom stereocenters. The van der Waals surface area contributed by atoms with Gasteiger partial charge in [-0.1, -0.05) is 6.42 Å². The van der Waals surface area contributed by atoms with E-state index in [0.717, 1.165) is 24.2 Å². The van der Waals surface area contributed by atoms with Gasteiger partial charge in [-0.25, -0.2) is 4.31 Å². The molecule has 4 rings (SSSR count). The van der Waals surface area contributed by atoms with Crippen LogP contribution >= 0.6 is 11.9 Å². The number of aromatic nitrogens is 3. The van der Waals surface area contributed by atoms with Crippen molar-refractivity contribution >= 4 is 34.6 Å². The van der Waals surface area contributed by atoms with E-state index in [1.54, 1.807) is 26.0 Å². The Hall–Kier alpha value is -2.66. The Labute approximate surface area is 187 Å². The quantitative estimate of drug-likeness (QED) is 0.437. The summed E-state index contributed by atoms with van der Waals surface area (Å²) < 4.78 is 53.3. The van der Waals surface area contributed by atoms with Crippen LogP contribution in [-0.2, 0) is 6.18 Å². The van der Waals surface area contributed by atoms with Gasteiger partial charge in [0.2, 0.25) is 11.8 Å². The van der Waals surface area contributed by atoms with Crippen LogP contribution in [0, 0.1) is 0 Å². The first kappa shape index (κ1) is 22.5. The molecular formula is C21H24F3N5O2S. The van der Waals surface area contributed by atoms with Crippen LogP contribution in [0.1, 0.15) is 31.7 Å². The number of piperidine rings is 1. The Balaban J connectivity index is 1.62. The van der Waals surface area contributed by atoms with E-state index >= 15 is 0 Å². The lowest BCUT2D eigenvalue weighted by molar-refractivity contribution is -0.136. The molecule has 0 unspecified atom stereocenters. The predicted octanol–water partition coefficient (Wildman–Crippen LogP) is 5.62. The highest BCUT2D eigenvalue weighted by atomic mass is 32.2. The van der Waals surface area contributed by atoms with Gasteiger partial charge in [-0.05, 0) is 49.9 Å². The number of ether oxygens (including phenoxy) is 2. The second-order valence-electron chi connectivity index (χ2n) is 7.28. The number of alkyl halides is 3. The van der Waals surface area contributed by atoms with Crippen molar-refractivity contribution in [2.45, 2.75) is 37.3 Å². The average Bonchev–Trinajstić information content (AvgIpc) is 3.21. The molecule has 7 nitrogen and oxygen atoms in total. The molecule has 32 heavy (non-hydrogen) atoms. The van der Waals surface area contributed by atoms with E-state index < -0.39 is 11.7 Å². The van der Waals surface area contributed by atoms with Crippen LogP contribution in [-0.4, -0.2) is 46.1 Å². The fourth-order valence-electron chi connectivity index (χ4n) is 3.58. The van der Waals surface area contributed by atoms with E-state index in [1.807, 2.05) is 18.2 Å². The number of hydrogen-bond acceptors (Lipinski definition) is 7. The molecule has 1 aromatic carbocycles. The summed E-state index contributed by atoms with van der Waals surface area (Å²) in [4.78, 5) is 12.0. The molecule has 1 aliphatic heterocycles. The molecule has 0 radical (unpaired) electrons. The summed E-state index contributed by atoms with van der Waals surface area (Å²) in [6.07, 6.45) is -0.0178. The number of fused-ring (bicyclic) bond motifs is 1. The normalized spacial score (nSPS) is 15.2. The van der Waals surface area contributed by atoms with Crippen molar-refractivity contribution < 1.29 is 22.6 Å². The molecule has 3 heterocycles. The van der Waals surface area contributed by atoms with Crippen LogP contribution in [0.15, 0.2) is 29.3 Å². The van der Waals surface area contributed by atoms with Crippen molar-refractivity contribution in [1.82, 2.24) is 19.3 Å². The standard InChI is InChI=1S/C21H24F3N5O2S/c1-3-31-19-17-14(21(22,23)24)12-25-18(17)27-20(28-19)26-15-8-7-13(11-16(15)30-2)32-29-9-5-4-6-10-29/h7-8,11-12H,3-6,9-10H2,1-2H3,(H2,25,26,27,28). The zero-order valence-corrected chi connectivity index (χ0v) is 18.6. The minimum atomic E-state index is -4.55. The van der Waals surface area contributed by atoms with Crippen molar-refractivity contribution in [3.63, 3.8) is 0 Å². The summed E-state index contributed by atoms with van der Waals surface area (Å²) in [5.74, 6) is 0.548. The largest absolute Gasteiger partial charge is 0.495 e. The molecule has 1 saturated heterocycles. The van der Waals surface area contributed by atoms with Crippen LogP contribution in [0.3, 0.4) is 0 Å². The number of aromatic amines is 1. The lowest BCUT2D eigenvalue weighted by Gasteiger charge is -2.25. The number of halogens is 3. The highest BCUT2D eigenvalue weighted by molar-refractivity contribution is 7.97. The predicted molar refractivity (Wildman–Crippen MR) is 118 cm³/mol. The first-order valence-electron chi connectivity index (χ1n) is 10.4. The third kappa shape index (κ3) is 4.88. The third-order valence-electron chi connectivity index (χ3n) is 5.05. The van der Waals surface area contributed by atoms with Crippen LogP contribution in [0.4, 0.5) is 24.8 Å². The van der Waals surface area contributed by atoms with Crippen molar-refractivity contribution in [1.29, 1.82) is 0 Å². The van der Waals surface area contributed by atoms with Crippen LogP contribution in [0.2, 0.25) is 0 Å². The molecular weight excluding hydrogens is 443 g/mol. The molecule has 2 N–H and O–H groups in total. The molecule has 3 aromatic rings. The average molecular weight is 468 g/mol. The zero-order valence-electron chi connectivity index (χ0n) is 17.8. The van der Waals surface area contributed by atoms with Gasteiger partial charge in [0, 0.05) is 24.2 Å². The van der Waals surface area contributed by atoms with Gasteiger partial charge >= 0.3 is 6.18 Å². The number of rotatable bonds is 7. The number of anilines is 2. The summed E-state index contributed by atoms with van der Waals surface area (Å²) in [5.41, 5.74) is -0.228. The van der Waals surface area contributed by atoms with Gasteiger partial charge in [-0.15, -0.1) is 0 Å². The van der Waals surface area contributed by atoms with E-state index in [2.05, 4.69) is 24.6 Å². The summed E-state index contributed by atoms with van der Waals surface area (Å²) in [6, 6.07) is 5.72. The molecule has 11 heteroatoms. The Morgan fingerprint density at radius 2 is 1.97 bits per heavy atom. The molecule has 172 valence electrons. The summed E-state index contributed by atoms with van der Waals surface area (Å²) in [5, 5.41) is 2.85. The lowest BCUT2D eigenvalue weighted by atomic mass is 10.2. The topological polar surface area (TPSA) is 75.3 Å². The SMILES string of the molecule is CCOc1nc(Nc2ccc(SN3CCCCC3)cc2OC)nc2[nH]cc(C(F)(F)F)c12. The fourth-order valence-corrected chi connectivity index (χ4v) is 4.61. The first-order chi connectivity index (χ1) is 15.4. The van der Waals surface area contributed by atoms with Crippen LogP contribution in [0.5, 0.6) is 11.6 Å². The molecule has 1 fully saturated rings. The van der Waals surface area contributed by atoms with Gasteiger partial charge in [0.15, 0.2) is 0 Å². The molecule has 0 bridgehead atoms. The Morgan fingerprint density at radius 3 is 2.66 bits per heavy atom. The molecule has 2 aromatic heterocycles. The Kier molecular flexibility index (Phi) is 6.66. The van der Waals surface area contributed by atoms with Crippen LogP contribution < -0.4 is 14.8 Å². The summed E-state index contributed by atoms with van der Waals surface area (Å²) >= 11 is 1.69. The minimum Gasteiger partial charge on any atom is -0.495 e. The highest BCUT2D eigenvalue weighted by Crippen LogP contribution is 2.39. The van der Waals surface area contributed by atoms with Crippen molar-refractivity contribution in [3.8, 4) is 11.6 Å². The maximum Gasteiger partial charge on any atom is 0.418 e. The Morgan fingerprint density at radius 1 is 1.19 bits per heavy atom. The van der Waals surface area contributed by atoms with E-state index in [9.17, 15) is 13.2 Å². The van der Waals surface area contributed by atoms with Gasteiger partial charge in [0.05, 0.1) is 30.4 Å². The number of H-pyrrole nitrogens is 1. The smallest absolute Gasteiger partial charge is 0.418 e. The molecule has 1 aliphatic rings. The van der Waals surface area contributed by atoms with Crippen molar-refractivity contribution in [2.24, 2.45) is 0 Å². The van der Waals surface area contributed by atoms with Gasteiger partial charge in [0.25, 0.3) is 0 Å². The minimum absolute atomic E-state index is 0.0366. The van der Waals surface area contributed by atoms with Gasteiger partial charge in [0.1, 0.15) is 11.4 Å². The number of benzene rings is 1. The molecule has 0 amide bonds. The monoisotopic (exact) mass is 467 g/mol. The maximum atomic E-state index is 13.4. The van der Waals surface area contributed by atoms with E-state index in [1.165, 1.54) is 19.3 Å². The number of nitrogens with zero attached hydrogens (tertiary/aromatic N) is 3. The molecule has 0 saturated carbocycles. The second kappa shape index (κ2) is 9.45. The van der Waals surface area contributed by atoms with Gasteiger partial charge in [-0.3, -0.25) is 0 Å². The zero-order chi connectivity index (χ0) is 22.7. The van der Waals surface area contributed by atoms with Crippen molar-refractivity contribution in [2.75, 3.05) is 32.1 Å². The lowest BCUT2D eigenvalue weighted by Crippen LogP contribution is -2.22. The highest BCUT2D eigenvalue weighted by Gasteiger charge is 2.36. The maximum absolute atomic E-state index is 13.4. The van der Waals surface area contributed by atoms with Crippen molar-refractivity contribution in [3.05, 3.63) is 30.0 Å². The van der Waals surface area contributed by atoms with Crippen LogP contribution in [0.25, 0.3) is 11.0 Å². The molecule has 0 spiro atoms. The van der Waals surface area contributed by atoms with E-state index in [0.29, 0.717) is 11.4 Å². The second-order valence-corrected chi connectivity index (χ2v) is 8.45. The van der Waals surface area contributed by atoms with E-state index in [-0.39, 0.29) is 29.5 Å². The number of methoxy groups -OCH3 is 1. The van der Waals surface area contributed by atoms with Gasteiger partial charge in [-0.2, -0.15) is 23.1 Å². The number of hydrogen-bond donors (Lipinski definition) is 2. The summed E-state index contributed by atoms with van der Waals surface area (Å²) in [6.45, 7) is 3.96. The summed E-state index contributed by atoms with van der Waals surface area (Å²) in [7, 11) is 1.56. The van der Waals surface area contributed by atoms with Gasteiger partial charge < -0.3 is 19.8 Å². The first-order valence-corrected chi connectivity index (χ1v) is 11.1. The third-order valence-corrected chi connectivity index (χ3v) is 6.14. The number of nitrogens with one attached hydrogen (secondary N) is 2. The van der Waals surface area contributed by atoms with E-state index in [4.69, 9.17) is 9.47 Å². The molecule has 0 aliphatic carbocycles. The fraction of sp³-hybridized carbons (Fsp3) is 0.429.